The van der Waals surface area contributed by atoms with Gasteiger partial charge in [0.05, 0.1) is 5.54 Å². The molecule has 3 heterocycles. The minimum atomic E-state index is -0.280. The van der Waals surface area contributed by atoms with Crippen molar-refractivity contribution in [3.05, 3.63) is 71.7 Å². The molecule has 150 valence electrons. The topological polar surface area (TPSA) is 48.1 Å². The van der Waals surface area contributed by atoms with E-state index >= 15 is 0 Å². The van der Waals surface area contributed by atoms with E-state index in [9.17, 15) is 9.18 Å². The van der Waals surface area contributed by atoms with Crippen molar-refractivity contribution in [3.63, 3.8) is 0 Å². The van der Waals surface area contributed by atoms with Gasteiger partial charge in [0, 0.05) is 49.1 Å². The zero-order valence-electron chi connectivity index (χ0n) is 16.5. The van der Waals surface area contributed by atoms with Crippen LogP contribution in [0, 0.1) is 5.82 Å². The molecule has 2 saturated heterocycles. The van der Waals surface area contributed by atoms with Crippen molar-refractivity contribution in [3.8, 4) is 0 Å². The SMILES string of the molecule is O=C1CCCC[C@]2(CN(Cc3cccc4[nH]ccc34)C[C@H]2c2ccc(F)cc2)N1. The van der Waals surface area contributed by atoms with E-state index in [1.165, 1.54) is 23.1 Å². The first-order valence-electron chi connectivity index (χ1n) is 10.5. The highest BCUT2D eigenvalue weighted by Gasteiger charge is 2.48. The largest absolute Gasteiger partial charge is 0.361 e. The van der Waals surface area contributed by atoms with Crippen LogP contribution < -0.4 is 5.32 Å². The lowest BCUT2D eigenvalue weighted by atomic mass is 9.79. The summed E-state index contributed by atoms with van der Waals surface area (Å²) in [4.78, 5) is 18.2. The van der Waals surface area contributed by atoms with E-state index in [2.05, 4.69) is 39.5 Å². The van der Waals surface area contributed by atoms with Crippen LogP contribution in [0.3, 0.4) is 0 Å². The highest BCUT2D eigenvalue weighted by atomic mass is 19.1. The van der Waals surface area contributed by atoms with E-state index in [4.69, 9.17) is 0 Å². The quantitative estimate of drug-likeness (QED) is 0.698. The summed E-state index contributed by atoms with van der Waals surface area (Å²) < 4.78 is 13.5. The molecular formula is C24H26FN3O. The number of nitrogens with zero attached hydrogens (tertiary/aromatic N) is 1. The number of fused-ring (bicyclic) bond motifs is 1. The van der Waals surface area contributed by atoms with Crippen LogP contribution in [0.15, 0.2) is 54.7 Å². The third-order valence-corrected chi connectivity index (χ3v) is 6.63. The van der Waals surface area contributed by atoms with Crippen molar-refractivity contribution in [2.24, 2.45) is 0 Å². The number of hydrogen-bond donors (Lipinski definition) is 2. The standard InChI is InChI=1S/C24H26FN3O/c25-19-9-7-17(8-10-19)21-15-28(16-24(21)12-2-1-6-23(29)27-24)14-18-4-3-5-22-20(18)11-13-26-22/h3-5,7-11,13,21,26H,1-2,6,12,14-16H2,(H,27,29)/t21-,24+/m0/s1. The van der Waals surface area contributed by atoms with Gasteiger partial charge in [-0.2, -0.15) is 0 Å². The van der Waals surface area contributed by atoms with Gasteiger partial charge in [0.1, 0.15) is 5.82 Å². The first-order valence-corrected chi connectivity index (χ1v) is 10.5. The molecule has 2 aliphatic rings. The summed E-state index contributed by atoms with van der Waals surface area (Å²) in [5.74, 6) is 0.0847. The Kier molecular flexibility index (Phi) is 4.63. The Morgan fingerprint density at radius 2 is 1.97 bits per heavy atom. The number of carbonyl (C=O) groups is 1. The van der Waals surface area contributed by atoms with Gasteiger partial charge < -0.3 is 10.3 Å². The van der Waals surface area contributed by atoms with Gasteiger partial charge in [-0.1, -0.05) is 30.7 Å². The first kappa shape index (κ1) is 18.4. The van der Waals surface area contributed by atoms with Crippen LogP contribution in [0.4, 0.5) is 4.39 Å². The Labute approximate surface area is 170 Å². The number of carbonyl (C=O) groups excluding carboxylic acids is 1. The maximum absolute atomic E-state index is 13.5. The summed E-state index contributed by atoms with van der Waals surface area (Å²) in [6, 6.07) is 15.3. The predicted octanol–water partition coefficient (Wildman–Crippen LogP) is 4.34. The van der Waals surface area contributed by atoms with Crippen LogP contribution in [0.5, 0.6) is 0 Å². The van der Waals surface area contributed by atoms with Crippen molar-refractivity contribution in [2.45, 2.75) is 43.7 Å². The smallest absolute Gasteiger partial charge is 0.220 e. The second-order valence-electron chi connectivity index (χ2n) is 8.54. The maximum atomic E-state index is 13.5. The average Bonchev–Trinajstić information content (AvgIpc) is 3.27. The van der Waals surface area contributed by atoms with Gasteiger partial charge in [0.2, 0.25) is 5.91 Å². The van der Waals surface area contributed by atoms with Crippen LogP contribution in [0.25, 0.3) is 10.9 Å². The molecule has 5 rings (SSSR count). The summed E-state index contributed by atoms with van der Waals surface area (Å²) in [7, 11) is 0. The molecule has 2 atom stereocenters. The third kappa shape index (κ3) is 3.44. The number of H-pyrrole nitrogens is 1. The van der Waals surface area contributed by atoms with Gasteiger partial charge in [0.25, 0.3) is 0 Å². The fraction of sp³-hybridized carbons (Fsp3) is 0.375. The molecule has 0 aliphatic carbocycles. The fourth-order valence-electron chi connectivity index (χ4n) is 5.28. The molecule has 1 aromatic heterocycles. The maximum Gasteiger partial charge on any atom is 0.220 e. The highest BCUT2D eigenvalue weighted by molar-refractivity contribution is 5.82. The molecule has 2 aromatic carbocycles. The molecule has 0 radical (unpaired) electrons. The Bertz CT molecular complexity index is 1030. The molecule has 2 fully saturated rings. The Morgan fingerprint density at radius 1 is 1.10 bits per heavy atom. The predicted molar refractivity (Wildman–Crippen MR) is 112 cm³/mol. The van der Waals surface area contributed by atoms with Crippen molar-refractivity contribution >= 4 is 16.8 Å². The normalized spacial score (nSPS) is 25.4. The van der Waals surface area contributed by atoms with Gasteiger partial charge in [0.15, 0.2) is 0 Å². The highest BCUT2D eigenvalue weighted by Crippen LogP contribution is 2.41. The van der Waals surface area contributed by atoms with E-state index in [-0.39, 0.29) is 23.2 Å². The van der Waals surface area contributed by atoms with Crippen molar-refractivity contribution in [1.29, 1.82) is 0 Å². The van der Waals surface area contributed by atoms with Crippen LogP contribution in [-0.4, -0.2) is 34.4 Å². The Morgan fingerprint density at radius 3 is 2.83 bits per heavy atom. The molecule has 5 heteroatoms. The van der Waals surface area contributed by atoms with E-state index < -0.39 is 0 Å². The number of aromatic amines is 1. The number of likely N-dealkylation sites (tertiary alicyclic amines) is 1. The summed E-state index contributed by atoms with van der Waals surface area (Å²) in [6.07, 6.45) is 5.52. The summed E-state index contributed by atoms with van der Waals surface area (Å²) >= 11 is 0. The Balaban J connectivity index is 1.48. The second-order valence-corrected chi connectivity index (χ2v) is 8.54. The molecule has 1 spiro atoms. The first-order chi connectivity index (χ1) is 14.1. The van der Waals surface area contributed by atoms with Gasteiger partial charge in [-0.3, -0.25) is 9.69 Å². The van der Waals surface area contributed by atoms with Crippen molar-refractivity contribution < 1.29 is 9.18 Å². The molecule has 0 saturated carbocycles. The lowest BCUT2D eigenvalue weighted by Crippen LogP contribution is -2.52. The Hall–Kier alpha value is -2.66. The van der Waals surface area contributed by atoms with Gasteiger partial charge >= 0.3 is 0 Å². The number of aromatic nitrogens is 1. The van der Waals surface area contributed by atoms with Gasteiger partial charge in [-0.15, -0.1) is 0 Å². The molecular weight excluding hydrogens is 365 g/mol. The number of amides is 1. The van der Waals surface area contributed by atoms with Crippen molar-refractivity contribution in [1.82, 2.24) is 15.2 Å². The molecule has 29 heavy (non-hydrogen) atoms. The molecule has 3 aromatic rings. The lowest BCUT2D eigenvalue weighted by molar-refractivity contribution is -0.122. The molecule has 0 unspecified atom stereocenters. The van der Waals surface area contributed by atoms with E-state index in [1.54, 1.807) is 0 Å². The number of rotatable bonds is 3. The van der Waals surface area contributed by atoms with Gasteiger partial charge in [-0.25, -0.2) is 4.39 Å². The molecule has 4 nitrogen and oxygen atoms in total. The second kappa shape index (κ2) is 7.30. The number of halogens is 1. The van der Waals surface area contributed by atoms with E-state index in [0.29, 0.717) is 6.42 Å². The lowest BCUT2D eigenvalue weighted by Gasteiger charge is -2.35. The van der Waals surface area contributed by atoms with Crippen LogP contribution >= 0.6 is 0 Å². The average molecular weight is 391 g/mol. The van der Waals surface area contributed by atoms with Crippen LogP contribution in [0.1, 0.15) is 42.7 Å². The van der Waals surface area contributed by atoms with Crippen LogP contribution in [0.2, 0.25) is 0 Å². The molecule has 2 aliphatic heterocycles. The summed E-state index contributed by atoms with van der Waals surface area (Å²) in [6.45, 7) is 2.51. The molecule has 1 amide bonds. The summed E-state index contributed by atoms with van der Waals surface area (Å²) in [5.41, 5.74) is 3.26. The minimum Gasteiger partial charge on any atom is -0.361 e. The third-order valence-electron chi connectivity index (χ3n) is 6.63. The van der Waals surface area contributed by atoms with Gasteiger partial charge in [-0.05, 0) is 48.2 Å². The number of hydrogen-bond acceptors (Lipinski definition) is 2. The van der Waals surface area contributed by atoms with Crippen molar-refractivity contribution in [2.75, 3.05) is 13.1 Å². The fourth-order valence-corrected chi connectivity index (χ4v) is 5.28. The summed E-state index contributed by atoms with van der Waals surface area (Å²) in [5, 5.41) is 4.63. The monoisotopic (exact) mass is 391 g/mol. The van der Waals surface area contributed by atoms with E-state index in [1.807, 2.05) is 18.3 Å². The molecule has 0 bridgehead atoms. The number of benzene rings is 2. The molecule has 2 N–H and O–H groups in total. The van der Waals surface area contributed by atoms with E-state index in [0.717, 1.165) is 50.0 Å². The zero-order valence-corrected chi connectivity index (χ0v) is 16.5. The van der Waals surface area contributed by atoms with Crippen LogP contribution in [-0.2, 0) is 11.3 Å². The zero-order chi connectivity index (χ0) is 19.8. The number of nitrogens with one attached hydrogen (secondary N) is 2. The minimum absolute atomic E-state index is 0.143.